The molecule has 11 heteroatoms. The van der Waals surface area contributed by atoms with Crippen molar-refractivity contribution in [3.63, 3.8) is 0 Å². The molecule has 168 valence electrons. The maximum Gasteiger partial charge on any atom is 0.389 e. The number of sulfone groups is 1. The third kappa shape index (κ3) is 4.89. The number of nitrogens with one attached hydrogen (secondary N) is 1. The van der Waals surface area contributed by atoms with E-state index in [-0.39, 0.29) is 37.4 Å². The summed E-state index contributed by atoms with van der Waals surface area (Å²) in [4.78, 5) is 16.2. The lowest BCUT2D eigenvalue weighted by Crippen LogP contribution is -2.54. The van der Waals surface area contributed by atoms with Crippen LogP contribution >= 0.6 is 0 Å². The molecule has 0 spiro atoms. The summed E-state index contributed by atoms with van der Waals surface area (Å²) in [5.74, 6) is -1.02. The molecule has 3 rings (SSSR count). The van der Waals surface area contributed by atoms with Gasteiger partial charge in [-0.1, -0.05) is 24.3 Å². The van der Waals surface area contributed by atoms with Crippen molar-refractivity contribution in [2.75, 3.05) is 13.2 Å². The lowest BCUT2D eigenvalue weighted by molar-refractivity contribution is -0.135. The molecule has 0 bridgehead atoms. The molecule has 1 aliphatic rings. The van der Waals surface area contributed by atoms with Crippen LogP contribution in [0.5, 0.6) is 0 Å². The van der Waals surface area contributed by atoms with Crippen LogP contribution in [0.4, 0.5) is 13.2 Å². The second-order valence-corrected chi connectivity index (χ2v) is 9.50. The smallest absolute Gasteiger partial charge is 0.381 e. The van der Waals surface area contributed by atoms with E-state index in [2.05, 4.69) is 4.98 Å². The highest BCUT2D eigenvalue weighted by molar-refractivity contribution is 7.93. The minimum Gasteiger partial charge on any atom is -0.381 e. The molecule has 2 heterocycles. The number of hydroxylamine groups is 1. The van der Waals surface area contributed by atoms with Gasteiger partial charge in [0.25, 0.3) is 5.91 Å². The first-order valence-corrected chi connectivity index (χ1v) is 11.0. The minimum atomic E-state index is -4.23. The van der Waals surface area contributed by atoms with Crippen molar-refractivity contribution in [1.29, 1.82) is 0 Å². The zero-order chi connectivity index (χ0) is 22.7. The molecule has 0 unspecified atom stereocenters. The number of ether oxygens (including phenoxy) is 1. The first kappa shape index (κ1) is 23.2. The summed E-state index contributed by atoms with van der Waals surface area (Å²) in [6.07, 6.45) is -4.36. The van der Waals surface area contributed by atoms with E-state index in [9.17, 15) is 26.4 Å². The predicted octanol–water partition coefficient (Wildman–Crippen LogP) is 3.07. The van der Waals surface area contributed by atoms with Crippen LogP contribution in [0.25, 0.3) is 11.3 Å². The van der Waals surface area contributed by atoms with Crippen LogP contribution in [-0.2, 0) is 25.8 Å². The summed E-state index contributed by atoms with van der Waals surface area (Å²) in [7, 11) is -4.18. The van der Waals surface area contributed by atoms with E-state index in [1.165, 1.54) is 17.6 Å². The number of aryl methyl sites for hydroxylation is 1. The third-order valence-electron chi connectivity index (χ3n) is 5.32. The lowest BCUT2D eigenvalue weighted by Gasteiger charge is -2.34. The maximum atomic E-state index is 13.2. The van der Waals surface area contributed by atoms with Crippen LogP contribution in [0.1, 0.15) is 24.8 Å². The molecule has 1 amide bonds. The molecule has 1 aromatic heterocycles. The standard InChI is InChI=1S/C20H21F3N2O5S/c21-20(22,23)8-7-14-1-3-15(4-2-14)17-6-5-16(13-24-17)31(28,29)19(18(26)25-27)9-11-30-12-10-19/h1-6,13,27H,7-12H2,(H,25,26). The van der Waals surface area contributed by atoms with Gasteiger partial charge in [0.2, 0.25) is 0 Å². The van der Waals surface area contributed by atoms with E-state index in [1.54, 1.807) is 24.3 Å². The van der Waals surface area contributed by atoms with E-state index in [4.69, 9.17) is 9.94 Å². The monoisotopic (exact) mass is 458 g/mol. The number of aromatic nitrogens is 1. The van der Waals surface area contributed by atoms with Crippen LogP contribution in [0.3, 0.4) is 0 Å². The molecule has 1 fully saturated rings. The third-order valence-corrected chi connectivity index (χ3v) is 7.81. The van der Waals surface area contributed by atoms with Gasteiger partial charge in [-0.05, 0) is 37.0 Å². The van der Waals surface area contributed by atoms with Gasteiger partial charge in [-0.2, -0.15) is 13.2 Å². The van der Waals surface area contributed by atoms with E-state index in [0.717, 1.165) is 6.20 Å². The summed E-state index contributed by atoms with van der Waals surface area (Å²) >= 11 is 0. The fourth-order valence-corrected chi connectivity index (χ4v) is 5.37. The Morgan fingerprint density at radius 2 is 1.77 bits per heavy atom. The first-order valence-electron chi connectivity index (χ1n) is 9.48. The van der Waals surface area contributed by atoms with Crippen molar-refractivity contribution in [2.24, 2.45) is 0 Å². The highest BCUT2D eigenvalue weighted by atomic mass is 32.2. The molecule has 0 aliphatic carbocycles. The molecule has 0 atom stereocenters. The van der Waals surface area contributed by atoms with Crippen LogP contribution in [0.15, 0.2) is 47.5 Å². The van der Waals surface area contributed by atoms with Gasteiger partial charge in [0, 0.05) is 31.4 Å². The number of alkyl halides is 3. The Kier molecular flexibility index (Phi) is 6.68. The van der Waals surface area contributed by atoms with Gasteiger partial charge in [-0.25, -0.2) is 13.9 Å². The zero-order valence-corrected chi connectivity index (χ0v) is 17.2. The molecule has 1 aliphatic heterocycles. The summed E-state index contributed by atoms with van der Waals surface area (Å²) in [6, 6.07) is 9.13. The second-order valence-electron chi connectivity index (χ2n) is 7.24. The zero-order valence-electron chi connectivity index (χ0n) is 16.4. The first-order chi connectivity index (χ1) is 14.6. The maximum absolute atomic E-state index is 13.2. The Labute approximate surface area is 177 Å². The average molecular weight is 458 g/mol. The number of halogens is 3. The SMILES string of the molecule is O=C(NO)C1(S(=O)(=O)c2ccc(-c3ccc(CCC(F)(F)F)cc3)nc2)CCOCC1. The number of amides is 1. The van der Waals surface area contributed by atoms with Gasteiger partial charge >= 0.3 is 6.18 Å². The van der Waals surface area contributed by atoms with Crippen molar-refractivity contribution < 1.29 is 36.3 Å². The van der Waals surface area contributed by atoms with Crippen LogP contribution in [-0.4, -0.2) is 48.7 Å². The van der Waals surface area contributed by atoms with Crippen molar-refractivity contribution in [3.05, 3.63) is 48.2 Å². The summed E-state index contributed by atoms with van der Waals surface area (Å²) in [5.41, 5.74) is 3.00. The molecular formula is C20H21F3N2O5S. The van der Waals surface area contributed by atoms with Crippen molar-refractivity contribution in [2.45, 2.75) is 41.5 Å². The predicted molar refractivity (Wildman–Crippen MR) is 104 cm³/mol. The van der Waals surface area contributed by atoms with E-state index >= 15 is 0 Å². The Bertz CT molecular complexity index is 1020. The Balaban J connectivity index is 1.83. The summed E-state index contributed by atoms with van der Waals surface area (Å²) in [6.45, 7) is 0.109. The quantitative estimate of drug-likeness (QED) is 0.509. The van der Waals surface area contributed by atoms with Gasteiger partial charge in [0.1, 0.15) is 0 Å². The number of pyridine rings is 1. The van der Waals surface area contributed by atoms with Gasteiger partial charge in [0.15, 0.2) is 14.6 Å². The fraction of sp³-hybridized carbons (Fsp3) is 0.400. The van der Waals surface area contributed by atoms with Gasteiger partial charge in [0.05, 0.1) is 10.6 Å². The topological polar surface area (TPSA) is 106 Å². The molecule has 7 nitrogen and oxygen atoms in total. The average Bonchev–Trinajstić information content (AvgIpc) is 2.77. The summed E-state index contributed by atoms with van der Waals surface area (Å²) < 4.78 is 66.7. The largest absolute Gasteiger partial charge is 0.389 e. The van der Waals surface area contributed by atoms with Gasteiger partial charge in [-0.15, -0.1) is 0 Å². The highest BCUT2D eigenvalue weighted by Crippen LogP contribution is 2.35. The highest BCUT2D eigenvalue weighted by Gasteiger charge is 2.52. The molecular weight excluding hydrogens is 437 g/mol. The normalized spacial score (nSPS) is 16.6. The Morgan fingerprint density at radius 3 is 2.29 bits per heavy atom. The van der Waals surface area contributed by atoms with Crippen LogP contribution in [0.2, 0.25) is 0 Å². The number of carbonyl (C=O) groups excluding carboxylic acids is 1. The van der Waals surface area contributed by atoms with Gasteiger partial charge < -0.3 is 4.74 Å². The fourth-order valence-electron chi connectivity index (χ4n) is 3.48. The number of benzene rings is 1. The van der Waals surface area contributed by atoms with E-state index in [0.29, 0.717) is 16.8 Å². The van der Waals surface area contributed by atoms with Crippen molar-refractivity contribution >= 4 is 15.7 Å². The second kappa shape index (κ2) is 8.93. The molecule has 0 saturated carbocycles. The number of hydrogen-bond donors (Lipinski definition) is 2. The number of hydrogen-bond acceptors (Lipinski definition) is 6. The number of rotatable bonds is 6. The van der Waals surface area contributed by atoms with Crippen molar-refractivity contribution in [1.82, 2.24) is 10.5 Å². The molecule has 1 saturated heterocycles. The minimum absolute atomic E-state index is 0.0544. The van der Waals surface area contributed by atoms with E-state index < -0.39 is 33.1 Å². The molecule has 0 radical (unpaired) electrons. The van der Waals surface area contributed by atoms with Crippen molar-refractivity contribution in [3.8, 4) is 11.3 Å². The molecule has 2 N–H and O–H groups in total. The lowest BCUT2D eigenvalue weighted by atomic mass is 9.98. The number of nitrogens with zero attached hydrogens (tertiary/aromatic N) is 1. The molecule has 1 aromatic carbocycles. The summed E-state index contributed by atoms with van der Waals surface area (Å²) in [5, 5.41) is 9.08. The Hall–Kier alpha value is -2.50. The number of carbonyl (C=O) groups is 1. The van der Waals surface area contributed by atoms with Crippen LogP contribution < -0.4 is 5.48 Å². The van der Waals surface area contributed by atoms with Gasteiger partial charge in [-0.3, -0.25) is 15.0 Å². The molecule has 2 aromatic rings. The molecule has 31 heavy (non-hydrogen) atoms. The van der Waals surface area contributed by atoms with Crippen LogP contribution in [0, 0.1) is 0 Å². The Morgan fingerprint density at radius 1 is 1.13 bits per heavy atom. The van der Waals surface area contributed by atoms with E-state index in [1.807, 2.05) is 0 Å².